The summed E-state index contributed by atoms with van der Waals surface area (Å²) in [7, 11) is 0. The van der Waals surface area contributed by atoms with Crippen molar-refractivity contribution in [3.63, 3.8) is 0 Å². The number of esters is 2. The topological polar surface area (TPSA) is 72.8 Å². The van der Waals surface area contributed by atoms with Gasteiger partial charge in [0, 0.05) is 12.8 Å². The molecule has 54 heavy (non-hydrogen) atoms. The quantitative estimate of drug-likeness (QED) is 0.0380. The van der Waals surface area contributed by atoms with E-state index in [0.29, 0.717) is 12.8 Å². The third kappa shape index (κ3) is 43.4. The molecule has 0 aromatic carbocycles. The molecule has 0 rings (SSSR count). The van der Waals surface area contributed by atoms with E-state index in [1.54, 1.807) is 0 Å². The van der Waals surface area contributed by atoms with Gasteiger partial charge in [0.25, 0.3) is 0 Å². The van der Waals surface area contributed by atoms with Gasteiger partial charge in [0.15, 0.2) is 6.10 Å². The highest BCUT2D eigenvalue weighted by molar-refractivity contribution is 5.70. The van der Waals surface area contributed by atoms with Gasteiger partial charge in [0.1, 0.15) is 6.61 Å². The van der Waals surface area contributed by atoms with E-state index in [-0.39, 0.29) is 25.2 Å². The van der Waals surface area contributed by atoms with Gasteiger partial charge in [-0.2, -0.15) is 0 Å². The van der Waals surface area contributed by atoms with E-state index in [1.165, 1.54) is 205 Å². The first-order valence-corrected chi connectivity index (χ1v) is 24.2. The minimum Gasteiger partial charge on any atom is -0.462 e. The number of allylic oxidation sites excluding steroid dienone is 2. The van der Waals surface area contributed by atoms with Crippen LogP contribution in [0.15, 0.2) is 12.2 Å². The van der Waals surface area contributed by atoms with Crippen molar-refractivity contribution in [3.8, 4) is 0 Å². The summed E-state index contributed by atoms with van der Waals surface area (Å²) in [5, 5.41) is 9.60. The predicted octanol–water partition coefficient (Wildman–Crippen LogP) is 15.6. The van der Waals surface area contributed by atoms with Gasteiger partial charge in [-0.1, -0.05) is 238 Å². The summed E-state index contributed by atoms with van der Waals surface area (Å²) in [5.74, 6) is -0.611. The molecule has 1 N–H and O–H groups in total. The van der Waals surface area contributed by atoms with Crippen LogP contribution in [0.2, 0.25) is 0 Å². The zero-order valence-electron chi connectivity index (χ0n) is 36.5. The van der Waals surface area contributed by atoms with Gasteiger partial charge in [0.2, 0.25) is 0 Å². The predicted molar refractivity (Wildman–Crippen MR) is 233 cm³/mol. The summed E-state index contributed by atoms with van der Waals surface area (Å²) >= 11 is 0. The van der Waals surface area contributed by atoms with Crippen LogP contribution in [-0.4, -0.2) is 36.4 Å². The Kier molecular flexibility index (Phi) is 44.9. The second kappa shape index (κ2) is 46.0. The summed E-state index contributed by atoms with van der Waals surface area (Å²) in [6.07, 6.45) is 54.5. The second-order valence-corrected chi connectivity index (χ2v) is 16.5. The molecule has 0 unspecified atom stereocenters. The van der Waals surface area contributed by atoms with Crippen molar-refractivity contribution >= 4 is 11.9 Å². The van der Waals surface area contributed by atoms with Gasteiger partial charge in [-0.3, -0.25) is 9.59 Å². The van der Waals surface area contributed by atoms with E-state index in [2.05, 4.69) is 26.0 Å². The maximum atomic E-state index is 12.2. The van der Waals surface area contributed by atoms with E-state index in [9.17, 15) is 14.7 Å². The number of hydrogen-bond acceptors (Lipinski definition) is 5. The number of unbranched alkanes of at least 4 members (excludes halogenated alkanes) is 35. The first-order valence-electron chi connectivity index (χ1n) is 24.2. The zero-order valence-corrected chi connectivity index (χ0v) is 36.5. The maximum absolute atomic E-state index is 12.2. The molecule has 0 radical (unpaired) electrons. The molecule has 0 aliphatic carbocycles. The molecule has 0 aliphatic rings. The van der Waals surface area contributed by atoms with E-state index in [0.717, 1.165) is 38.5 Å². The summed E-state index contributed by atoms with van der Waals surface area (Å²) in [6, 6.07) is 0. The SMILES string of the molecule is CCCCCCCCCCCCCCCCCCCC/C=C/CCCC(=O)O[C@@H](CO)COC(=O)CCCCCCCCCCCCCCCCCCC. The van der Waals surface area contributed by atoms with Gasteiger partial charge < -0.3 is 14.6 Å². The van der Waals surface area contributed by atoms with E-state index >= 15 is 0 Å². The Morgan fingerprint density at radius 2 is 0.704 bits per heavy atom. The lowest BCUT2D eigenvalue weighted by molar-refractivity contribution is -0.161. The standard InChI is InChI=1S/C49H94O5/c1-3-5-7-9-11-13-15-17-19-21-22-23-24-25-26-28-30-32-34-36-38-40-42-44-49(52)54-47(45-50)46-53-48(51)43-41-39-37-35-33-31-29-27-20-18-16-14-12-10-8-6-4-2/h36,38,47,50H,3-35,37,39-46H2,1-2H3/b38-36+/t47-/m0/s1. The van der Waals surface area contributed by atoms with Crippen LogP contribution in [0, 0.1) is 0 Å². The van der Waals surface area contributed by atoms with Crippen molar-refractivity contribution in [3.05, 3.63) is 12.2 Å². The molecule has 1 atom stereocenters. The lowest BCUT2D eigenvalue weighted by Crippen LogP contribution is -2.28. The molecule has 0 amide bonds. The fourth-order valence-electron chi connectivity index (χ4n) is 7.38. The van der Waals surface area contributed by atoms with Crippen LogP contribution in [0.4, 0.5) is 0 Å². The summed E-state index contributed by atoms with van der Waals surface area (Å²) in [6.45, 7) is 4.16. The number of ether oxygens (including phenoxy) is 2. The average molecular weight is 763 g/mol. The fourth-order valence-corrected chi connectivity index (χ4v) is 7.38. The van der Waals surface area contributed by atoms with Crippen molar-refractivity contribution < 1.29 is 24.2 Å². The van der Waals surface area contributed by atoms with Crippen LogP contribution in [0.1, 0.15) is 271 Å². The average Bonchev–Trinajstić information content (AvgIpc) is 3.17. The highest BCUT2D eigenvalue weighted by Crippen LogP contribution is 2.16. The first kappa shape index (κ1) is 52.6. The normalized spacial score (nSPS) is 12.1. The molecular formula is C49H94O5. The third-order valence-corrected chi connectivity index (χ3v) is 11.1. The van der Waals surface area contributed by atoms with Crippen molar-refractivity contribution in [1.29, 1.82) is 0 Å². The number of carbonyl (C=O) groups is 2. The van der Waals surface area contributed by atoms with Gasteiger partial charge >= 0.3 is 11.9 Å². The van der Waals surface area contributed by atoms with Crippen LogP contribution >= 0.6 is 0 Å². The largest absolute Gasteiger partial charge is 0.462 e. The van der Waals surface area contributed by atoms with Gasteiger partial charge in [-0.25, -0.2) is 0 Å². The summed E-state index contributed by atoms with van der Waals surface area (Å²) < 4.78 is 10.6. The molecule has 0 bridgehead atoms. The number of rotatable bonds is 45. The second-order valence-electron chi connectivity index (χ2n) is 16.5. The minimum absolute atomic E-state index is 0.0701. The molecular weight excluding hydrogens is 669 g/mol. The van der Waals surface area contributed by atoms with Crippen LogP contribution in [0.25, 0.3) is 0 Å². The monoisotopic (exact) mass is 763 g/mol. The molecule has 5 nitrogen and oxygen atoms in total. The molecule has 0 spiro atoms. The molecule has 0 saturated heterocycles. The van der Waals surface area contributed by atoms with Crippen molar-refractivity contribution in [2.75, 3.05) is 13.2 Å². The highest BCUT2D eigenvalue weighted by atomic mass is 16.6. The minimum atomic E-state index is -0.780. The molecule has 0 fully saturated rings. The Bertz CT molecular complexity index is 780. The maximum Gasteiger partial charge on any atom is 0.306 e. The number of aliphatic hydroxyl groups excluding tert-OH is 1. The van der Waals surface area contributed by atoms with Crippen molar-refractivity contribution in [2.24, 2.45) is 0 Å². The Hall–Kier alpha value is -1.36. The Labute approximate surface area is 337 Å². The van der Waals surface area contributed by atoms with E-state index in [4.69, 9.17) is 9.47 Å². The number of aliphatic hydroxyl groups is 1. The van der Waals surface area contributed by atoms with Crippen LogP contribution in [0.3, 0.4) is 0 Å². The first-order chi connectivity index (χ1) is 26.6. The molecule has 0 aliphatic heterocycles. The summed E-state index contributed by atoms with van der Waals surface area (Å²) in [5.41, 5.74) is 0. The molecule has 0 heterocycles. The van der Waals surface area contributed by atoms with Gasteiger partial charge in [-0.05, 0) is 32.1 Å². The fraction of sp³-hybridized carbons (Fsp3) is 0.918. The lowest BCUT2D eigenvalue weighted by Gasteiger charge is -2.15. The number of carbonyl (C=O) groups excluding carboxylic acids is 2. The van der Waals surface area contributed by atoms with Crippen molar-refractivity contribution in [2.45, 2.75) is 277 Å². The Morgan fingerprint density at radius 1 is 0.407 bits per heavy atom. The lowest BCUT2D eigenvalue weighted by atomic mass is 10.0. The molecule has 0 aromatic heterocycles. The van der Waals surface area contributed by atoms with Crippen LogP contribution in [0.5, 0.6) is 0 Å². The third-order valence-electron chi connectivity index (χ3n) is 11.1. The van der Waals surface area contributed by atoms with E-state index < -0.39 is 6.10 Å². The van der Waals surface area contributed by atoms with Gasteiger partial charge in [-0.15, -0.1) is 0 Å². The Balaban J connectivity index is 3.48. The van der Waals surface area contributed by atoms with Gasteiger partial charge in [0.05, 0.1) is 6.61 Å². The molecule has 5 heteroatoms. The summed E-state index contributed by atoms with van der Waals surface area (Å²) in [4.78, 5) is 24.4. The molecule has 320 valence electrons. The van der Waals surface area contributed by atoms with Crippen LogP contribution < -0.4 is 0 Å². The highest BCUT2D eigenvalue weighted by Gasteiger charge is 2.16. The number of hydrogen-bond donors (Lipinski definition) is 1. The Morgan fingerprint density at radius 3 is 1.06 bits per heavy atom. The molecule has 0 aromatic rings. The van der Waals surface area contributed by atoms with Crippen molar-refractivity contribution in [1.82, 2.24) is 0 Å². The smallest absolute Gasteiger partial charge is 0.306 e. The zero-order chi connectivity index (χ0) is 39.3. The van der Waals surface area contributed by atoms with E-state index in [1.807, 2.05) is 0 Å². The van der Waals surface area contributed by atoms with Crippen LogP contribution in [-0.2, 0) is 19.1 Å². The molecule has 0 saturated carbocycles.